The number of carbonyl (C=O) groups is 1. The molecule has 3 aromatic rings. The summed E-state index contributed by atoms with van der Waals surface area (Å²) in [6, 6.07) is 10.2. The molecule has 0 spiro atoms. The lowest BCUT2D eigenvalue weighted by atomic mass is 10.1. The highest BCUT2D eigenvalue weighted by molar-refractivity contribution is 5.83. The summed E-state index contributed by atoms with van der Waals surface area (Å²) in [5.74, 6) is 1.61. The molecule has 1 aliphatic carbocycles. The second-order valence-corrected chi connectivity index (χ2v) is 7.11. The Labute approximate surface area is 151 Å². The SMILES string of the molecule is O=C(C1CC1)N1CCN(c2cc(-c3cc4cccnc4[nH]3)ccn2)CC1. The molecule has 1 saturated carbocycles. The van der Waals surface area contributed by atoms with Gasteiger partial charge in [0.25, 0.3) is 0 Å². The smallest absolute Gasteiger partial charge is 0.225 e. The maximum absolute atomic E-state index is 12.2. The third-order valence-corrected chi connectivity index (χ3v) is 5.29. The molecule has 4 heterocycles. The Hall–Kier alpha value is -2.89. The van der Waals surface area contributed by atoms with E-state index < -0.39 is 0 Å². The first kappa shape index (κ1) is 15.4. The maximum Gasteiger partial charge on any atom is 0.225 e. The van der Waals surface area contributed by atoms with Crippen LogP contribution in [0.2, 0.25) is 0 Å². The molecule has 0 unspecified atom stereocenters. The summed E-state index contributed by atoms with van der Waals surface area (Å²) in [6.07, 6.45) is 5.79. The molecule has 5 rings (SSSR count). The minimum Gasteiger partial charge on any atom is -0.353 e. The minimum absolute atomic E-state index is 0.304. The van der Waals surface area contributed by atoms with Crippen LogP contribution in [0.5, 0.6) is 0 Å². The van der Waals surface area contributed by atoms with Gasteiger partial charge in [0.2, 0.25) is 5.91 Å². The molecule has 2 fully saturated rings. The molecular weight excluding hydrogens is 326 g/mol. The van der Waals surface area contributed by atoms with Crippen molar-refractivity contribution < 1.29 is 4.79 Å². The molecule has 1 amide bonds. The van der Waals surface area contributed by atoms with Crippen molar-refractivity contribution in [2.45, 2.75) is 12.8 Å². The number of nitrogens with zero attached hydrogens (tertiary/aromatic N) is 4. The van der Waals surface area contributed by atoms with Crippen LogP contribution in [0.15, 0.2) is 42.7 Å². The maximum atomic E-state index is 12.2. The van der Waals surface area contributed by atoms with E-state index in [0.29, 0.717) is 11.8 Å². The Morgan fingerprint density at radius 2 is 1.88 bits per heavy atom. The molecule has 1 aliphatic heterocycles. The Balaban J connectivity index is 1.34. The highest BCUT2D eigenvalue weighted by atomic mass is 16.2. The van der Waals surface area contributed by atoms with Crippen molar-refractivity contribution in [1.29, 1.82) is 0 Å². The number of hydrogen-bond acceptors (Lipinski definition) is 4. The number of carbonyl (C=O) groups excluding carboxylic acids is 1. The molecule has 0 bridgehead atoms. The normalized spacial score (nSPS) is 17.7. The third kappa shape index (κ3) is 2.81. The molecule has 0 radical (unpaired) electrons. The minimum atomic E-state index is 0.304. The van der Waals surface area contributed by atoms with Crippen LogP contribution in [-0.2, 0) is 4.79 Å². The van der Waals surface area contributed by atoms with Crippen LogP contribution in [0.25, 0.3) is 22.3 Å². The van der Waals surface area contributed by atoms with E-state index in [1.165, 1.54) is 0 Å². The number of amides is 1. The van der Waals surface area contributed by atoms with E-state index in [1.54, 1.807) is 6.20 Å². The zero-order valence-electron chi connectivity index (χ0n) is 14.6. The van der Waals surface area contributed by atoms with Crippen molar-refractivity contribution in [2.75, 3.05) is 31.1 Å². The van der Waals surface area contributed by atoms with Gasteiger partial charge in [0, 0.05) is 61.1 Å². The average Bonchev–Trinajstić information content (AvgIpc) is 3.46. The summed E-state index contributed by atoms with van der Waals surface area (Å²) in [4.78, 5) is 28.8. The molecule has 0 atom stereocenters. The van der Waals surface area contributed by atoms with Crippen molar-refractivity contribution >= 4 is 22.8 Å². The number of nitrogens with one attached hydrogen (secondary N) is 1. The number of H-pyrrole nitrogens is 1. The highest BCUT2D eigenvalue weighted by Crippen LogP contribution is 2.31. The van der Waals surface area contributed by atoms with Crippen molar-refractivity contribution in [3.63, 3.8) is 0 Å². The van der Waals surface area contributed by atoms with E-state index in [2.05, 4.69) is 38.1 Å². The van der Waals surface area contributed by atoms with Gasteiger partial charge in [-0.25, -0.2) is 9.97 Å². The van der Waals surface area contributed by atoms with Gasteiger partial charge >= 0.3 is 0 Å². The topological polar surface area (TPSA) is 65.1 Å². The van der Waals surface area contributed by atoms with E-state index in [0.717, 1.165) is 67.1 Å². The summed E-state index contributed by atoms with van der Waals surface area (Å²) in [6.45, 7) is 3.25. The lowest BCUT2D eigenvalue weighted by Gasteiger charge is -2.35. The van der Waals surface area contributed by atoms with E-state index in [4.69, 9.17) is 0 Å². The molecule has 6 nitrogen and oxygen atoms in total. The number of piperazine rings is 1. The summed E-state index contributed by atoms with van der Waals surface area (Å²) >= 11 is 0. The lowest BCUT2D eigenvalue weighted by molar-refractivity contribution is -0.132. The summed E-state index contributed by atoms with van der Waals surface area (Å²) in [7, 11) is 0. The van der Waals surface area contributed by atoms with Gasteiger partial charge in [0.05, 0.1) is 0 Å². The Morgan fingerprint density at radius 3 is 2.65 bits per heavy atom. The summed E-state index contributed by atoms with van der Waals surface area (Å²) in [5.41, 5.74) is 3.04. The van der Waals surface area contributed by atoms with E-state index in [1.807, 2.05) is 23.2 Å². The van der Waals surface area contributed by atoms with E-state index in [-0.39, 0.29) is 0 Å². The molecule has 1 saturated heterocycles. The van der Waals surface area contributed by atoms with Crippen molar-refractivity contribution in [1.82, 2.24) is 19.9 Å². The molecule has 132 valence electrons. The van der Waals surface area contributed by atoms with Crippen LogP contribution in [0.1, 0.15) is 12.8 Å². The molecule has 2 aliphatic rings. The van der Waals surface area contributed by atoms with Gasteiger partial charge in [-0.1, -0.05) is 0 Å². The van der Waals surface area contributed by atoms with Crippen LogP contribution in [0.4, 0.5) is 5.82 Å². The van der Waals surface area contributed by atoms with Crippen molar-refractivity contribution in [3.8, 4) is 11.3 Å². The molecule has 0 aromatic carbocycles. The largest absolute Gasteiger partial charge is 0.353 e. The lowest BCUT2D eigenvalue weighted by Crippen LogP contribution is -2.49. The zero-order chi connectivity index (χ0) is 17.5. The number of pyridine rings is 2. The van der Waals surface area contributed by atoms with Gasteiger partial charge in [-0.2, -0.15) is 0 Å². The fraction of sp³-hybridized carbons (Fsp3) is 0.350. The van der Waals surface area contributed by atoms with Crippen LogP contribution < -0.4 is 4.90 Å². The van der Waals surface area contributed by atoms with E-state index >= 15 is 0 Å². The number of hydrogen-bond donors (Lipinski definition) is 1. The van der Waals surface area contributed by atoms with Crippen LogP contribution in [-0.4, -0.2) is 51.9 Å². The zero-order valence-corrected chi connectivity index (χ0v) is 14.6. The Morgan fingerprint density at radius 1 is 1.04 bits per heavy atom. The molecule has 1 N–H and O–H groups in total. The average molecular weight is 347 g/mol. The summed E-state index contributed by atoms with van der Waals surface area (Å²) in [5, 5.41) is 1.10. The second-order valence-electron chi connectivity index (χ2n) is 7.11. The number of anilines is 1. The van der Waals surface area contributed by atoms with Gasteiger partial charge in [0.15, 0.2) is 0 Å². The second kappa shape index (κ2) is 6.12. The predicted molar refractivity (Wildman–Crippen MR) is 101 cm³/mol. The quantitative estimate of drug-likeness (QED) is 0.791. The molecule has 3 aromatic heterocycles. The number of fused-ring (bicyclic) bond motifs is 1. The van der Waals surface area contributed by atoms with Gasteiger partial charge in [-0.3, -0.25) is 4.79 Å². The predicted octanol–water partition coefficient (Wildman–Crippen LogP) is 2.68. The van der Waals surface area contributed by atoms with E-state index in [9.17, 15) is 4.79 Å². The monoisotopic (exact) mass is 347 g/mol. The first-order valence-electron chi connectivity index (χ1n) is 9.22. The van der Waals surface area contributed by atoms with Gasteiger partial charge < -0.3 is 14.8 Å². The number of aromatic amines is 1. The van der Waals surface area contributed by atoms with Crippen molar-refractivity contribution in [2.24, 2.45) is 5.92 Å². The highest BCUT2D eigenvalue weighted by Gasteiger charge is 2.34. The number of rotatable bonds is 3. The fourth-order valence-electron chi connectivity index (χ4n) is 3.62. The van der Waals surface area contributed by atoms with Gasteiger partial charge in [0.1, 0.15) is 11.5 Å². The van der Waals surface area contributed by atoms with Gasteiger partial charge in [-0.05, 0) is 43.2 Å². The molecule has 6 heteroatoms. The summed E-state index contributed by atoms with van der Waals surface area (Å²) < 4.78 is 0. The number of aromatic nitrogens is 3. The molecule has 26 heavy (non-hydrogen) atoms. The van der Waals surface area contributed by atoms with Crippen LogP contribution >= 0.6 is 0 Å². The Bertz CT molecular complexity index is 920. The van der Waals surface area contributed by atoms with Crippen LogP contribution in [0, 0.1) is 5.92 Å². The first-order chi connectivity index (χ1) is 12.8. The van der Waals surface area contributed by atoms with Crippen molar-refractivity contribution in [3.05, 3.63) is 42.7 Å². The first-order valence-corrected chi connectivity index (χ1v) is 9.22. The Kier molecular flexibility index (Phi) is 3.62. The fourth-order valence-corrected chi connectivity index (χ4v) is 3.62. The van der Waals surface area contributed by atoms with Gasteiger partial charge in [-0.15, -0.1) is 0 Å². The standard InChI is InChI=1S/C20H21N5O/c26-20(14-3-4-14)25-10-8-24(9-11-25)18-13-15(5-7-21-18)17-12-16-2-1-6-22-19(16)23-17/h1-2,5-7,12-14H,3-4,8-11H2,(H,22,23). The third-order valence-electron chi connectivity index (χ3n) is 5.29. The molecular formula is C20H21N5O. The van der Waals surface area contributed by atoms with Crippen LogP contribution in [0.3, 0.4) is 0 Å².